The van der Waals surface area contributed by atoms with Crippen molar-refractivity contribution >= 4 is 10.0 Å². The third-order valence-electron chi connectivity index (χ3n) is 4.06. The van der Waals surface area contributed by atoms with Gasteiger partial charge in [-0.1, -0.05) is 18.2 Å². The molecule has 0 heterocycles. The quantitative estimate of drug-likeness (QED) is 0.616. The molecule has 0 saturated carbocycles. The zero-order valence-electron chi connectivity index (χ0n) is 15.3. The van der Waals surface area contributed by atoms with Crippen LogP contribution in [0.2, 0.25) is 0 Å². The Balaban J connectivity index is 1.61. The van der Waals surface area contributed by atoms with Crippen molar-refractivity contribution in [3.05, 3.63) is 84.2 Å². The Morgan fingerprint density at radius 2 is 1.50 bits per heavy atom. The molecule has 0 unspecified atom stereocenters. The molecule has 1 N–H and O–H groups in total. The lowest BCUT2D eigenvalue weighted by Crippen LogP contribution is -2.26. The second kappa shape index (κ2) is 8.86. The van der Waals surface area contributed by atoms with E-state index in [0.29, 0.717) is 17.9 Å². The average molecular weight is 401 g/mol. The summed E-state index contributed by atoms with van der Waals surface area (Å²) in [5.74, 6) is 1.29. The molecule has 0 atom stereocenters. The van der Waals surface area contributed by atoms with Crippen LogP contribution in [-0.4, -0.2) is 22.1 Å². The summed E-state index contributed by atoms with van der Waals surface area (Å²) in [7, 11) is -2.06. The van der Waals surface area contributed by atoms with Crippen LogP contribution in [0, 0.1) is 5.82 Å². The van der Waals surface area contributed by atoms with Crippen LogP contribution < -0.4 is 14.2 Å². The van der Waals surface area contributed by atoms with Crippen LogP contribution in [-0.2, 0) is 16.4 Å². The van der Waals surface area contributed by atoms with E-state index in [1.165, 1.54) is 36.4 Å². The van der Waals surface area contributed by atoms with Crippen molar-refractivity contribution in [3.63, 3.8) is 0 Å². The topological polar surface area (TPSA) is 64.6 Å². The minimum atomic E-state index is -3.64. The lowest BCUT2D eigenvalue weighted by atomic mass is 10.1. The molecule has 5 nitrogen and oxygen atoms in total. The van der Waals surface area contributed by atoms with E-state index in [-0.39, 0.29) is 17.3 Å². The van der Waals surface area contributed by atoms with E-state index >= 15 is 0 Å². The Hall–Kier alpha value is -2.90. The van der Waals surface area contributed by atoms with Gasteiger partial charge >= 0.3 is 0 Å². The third-order valence-corrected chi connectivity index (χ3v) is 5.54. The van der Waals surface area contributed by atoms with Crippen molar-refractivity contribution in [2.75, 3.05) is 13.7 Å². The number of sulfonamides is 1. The summed E-state index contributed by atoms with van der Waals surface area (Å²) in [5, 5.41) is 0. The molecule has 0 aliphatic heterocycles. The lowest BCUT2D eigenvalue weighted by molar-refractivity contribution is 0.409. The van der Waals surface area contributed by atoms with Gasteiger partial charge in [0.15, 0.2) is 0 Å². The molecule has 0 aromatic heterocycles. The standard InChI is InChI=1S/C21H20FNO4S/c1-26-21-5-3-2-4-16(21)14-15-23-28(24,25)20-12-10-19(11-13-20)27-18-8-6-17(22)7-9-18/h2-13,23H,14-15H2,1H3. The first-order valence-corrected chi connectivity index (χ1v) is 10.1. The molecule has 28 heavy (non-hydrogen) atoms. The predicted molar refractivity (Wildman–Crippen MR) is 105 cm³/mol. The molecule has 146 valence electrons. The van der Waals surface area contributed by atoms with Gasteiger partial charge in [0.1, 0.15) is 23.1 Å². The number of methoxy groups -OCH3 is 1. The molecule has 0 radical (unpaired) electrons. The van der Waals surface area contributed by atoms with Crippen molar-refractivity contribution in [2.45, 2.75) is 11.3 Å². The molecular weight excluding hydrogens is 381 g/mol. The van der Waals surface area contributed by atoms with E-state index in [0.717, 1.165) is 11.3 Å². The summed E-state index contributed by atoms with van der Waals surface area (Å²) in [4.78, 5) is 0.138. The molecule has 0 bridgehead atoms. The van der Waals surface area contributed by atoms with Crippen molar-refractivity contribution in [1.82, 2.24) is 4.72 Å². The summed E-state index contributed by atoms with van der Waals surface area (Å²) < 4.78 is 51.3. The fourth-order valence-corrected chi connectivity index (χ4v) is 3.67. The number of para-hydroxylation sites is 1. The highest BCUT2D eigenvalue weighted by Crippen LogP contribution is 2.23. The number of rotatable bonds is 8. The number of benzene rings is 3. The molecule has 7 heteroatoms. The minimum Gasteiger partial charge on any atom is -0.496 e. The van der Waals surface area contributed by atoms with Gasteiger partial charge in [-0.2, -0.15) is 0 Å². The first kappa shape index (κ1) is 19.9. The first-order valence-electron chi connectivity index (χ1n) is 8.63. The van der Waals surface area contributed by atoms with Crippen LogP contribution in [0.1, 0.15) is 5.56 Å². The zero-order valence-corrected chi connectivity index (χ0v) is 16.1. The maximum atomic E-state index is 12.9. The average Bonchev–Trinajstić information content (AvgIpc) is 2.70. The number of hydrogen-bond donors (Lipinski definition) is 1. The third kappa shape index (κ3) is 5.09. The van der Waals surface area contributed by atoms with E-state index in [2.05, 4.69) is 4.72 Å². The largest absolute Gasteiger partial charge is 0.496 e. The summed E-state index contributed by atoms with van der Waals surface area (Å²) in [6, 6.07) is 19.1. The van der Waals surface area contributed by atoms with Crippen molar-refractivity contribution < 1.29 is 22.3 Å². The number of ether oxygens (including phenoxy) is 2. The Morgan fingerprint density at radius 1 is 0.893 bits per heavy atom. The number of nitrogens with one attached hydrogen (secondary N) is 1. The molecule has 0 spiro atoms. The van der Waals surface area contributed by atoms with Crippen molar-refractivity contribution in [2.24, 2.45) is 0 Å². The van der Waals surface area contributed by atoms with Gasteiger partial charge in [-0.15, -0.1) is 0 Å². The van der Waals surface area contributed by atoms with Crippen molar-refractivity contribution in [3.8, 4) is 17.2 Å². The Morgan fingerprint density at radius 3 is 2.14 bits per heavy atom. The Kier molecular flexibility index (Phi) is 6.28. The van der Waals surface area contributed by atoms with E-state index < -0.39 is 10.0 Å². The first-order chi connectivity index (χ1) is 13.5. The smallest absolute Gasteiger partial charge is 0.240 e. The lowest BCUT2D eigenvalue weighted by Gasteiger charge is -2.10. The van der Waals surface area contributed by atoms with Gasteiger partial charge in [-0.25, -0.2) is 17.5 Å². The van der Waals surface area contributed by atoms with E-state index in [4.69, 9.17) is 9.47 Å². The molecule has 3 aromatic carbocycles. The van der Waals surface area contributed by atoms with Crippen LogP contribution in [0.3, 0.4) is 0 Å². The zero-order chi connectivity index (χ0) is 20.0. The van der Waals surface area contributed by atoms with Gasteiger partial charge in [0, 0.05) is 6.54 Å². The van der Waals surface area contributed by atoms with Crippen LogP contribution >= 0.6 is 0 Å². The van der Waals surface area contributed by atoms with Crippen LogP contribution in [0.15, 0.2) is 77.7 Å². The molecule has 3 rings (SSSR count). The molecular formula is C21H20FNO4S. The number of hydrogen-bond acceptors (Lipinski definition) is 4. The fourth-order valence-electron chi connectivity index (χ4n) is 2.64. The predicted octanol–water partition coefficient (Wildman–Crippen LogP) is 4.15. The maximum absolute atomic E-state index is 12.9. The van der Waals surface area contributed by atoms with Gasteiger partial charge in [-0.3, -0.25) is 0 Å². The normalized spacial score (nSPS) is 11.2. The van der Waals surface area contributed by atoms with Crippen LogP contribution in [0.25, 0.3) is 0 Å². The molecule has 0 saturated heterocycles. The van der Waals surface area contributed by atoms with Gasteiger partial charge in [0.25, 0.3) is 0 Å². The second-order valence-corrected chi connectivity index (χ2v) is 7.75. The van der Waals surface area contributed by atoms with E-state index in [1.54, 1.807) is 19.2 Å². The molecule has 0 aliphatic rings. The fraction of sp³-hybridized carbons (Fsp3) is 0.143. The highest BCUT2D eigenvalue weighted by Gasteiger charge is 2.14. The monoisotopic (exact) mass is 401 g/mol. The van der Waals surface area contributed by atoms with E-state index in [1.807, 2.05) is 24.3 Å². The summed E-state index contributed by atoms with van der Waals surface area (Å²) in [6.07, 6.45) is 0.509. The number of halogens is 1. The maximum Gasteiger partial charge on any atom is 0.240 e. The van der Waals surface area contributed by atoms with Gasteiger partial charge in [-0.05, 0) is 66.6 Å². The Labute approximate surface area is 163 Å². The molecule has 0 amide bonds. The van der Waals surface area contributed by atoms with Crippen LogP contribution in [0.5, 0.6) is 17.2 Å². The summed E-state index contributed by atoms with van der Waals surface area (Å²) in [5.41, 5.74) is 0.927. The molecule has 0 fully saturated rings. The molecule has 0 aliphatic carbocycles. The molecule has 3 aromatic rings. The van der Waals surface area contributed by atoms with Gasteiger partial charge in [0.2, 0.25) is 10.0 Å². The van der Waals surface area contributed by atoms with Gasteiger partial charge < -0.3 is 9.47 Å². The van der Waals surface area contributed by atoms with Crippen molar-refractivity contribution in [1.29, 1.82) is 0 Å². The Bertz CT molecular complexity index is 1020. The summed E-state index contributed by atoms with van der Waals surface area (Å²) >= 11 is 0. The minimum absolute atomic E-state index is 0.138. The second-order valence-electron chi connectivity index (χ2n) is 5.99. The SMILES string of the molecule is COc1ccccc1CCNS(=O)(=O)c1ccc(Oc2ccc(F)cc2)cc1. The van der Waals surface area contributed by atoms with E-state index in [9.17, 15) is 12.8 Å². The highest BCUT2D eigenvalue weighted by atomic mass is 32.2. The highest BCUT2D eigenvalue weighted by molar-refractivity contribution is 7.89. The summed E-state index contributed by atoms with van der Waals surface area (Å²) in [6.45, 7) is 0.247. The van der Waals surface area contributed by atoms with Gasteiger partial charge in [0.05, 0.1) is 12.0 Å². The van der Waals surface area contributed by atoms with Crippen LogP contribution in [0.4, 0.5) is 4.39 Å².